The van der Waals surface area contributed by atoms with Gasteiger partial charge in [-0.2, -0.15) is 5.10 Å². The Morgan fingerprint density at radius 2 is 2.25 bits per heavy atom. The van der Waals surface area contributed by atoms with E-state index in [1.165, 1.54) is 12.1 Å². The third-order valence-electron chi connectivity index (χ3n) is 2.88. The van der Waals surface area contributed by atoms with Gasteiger partial charge in [0.1, 0.15) is 0 Å². The number of non-ortho nitro benzene ring substituents is 1. The number of benzene rings is 1. The number of rotatable bonds is 6. The van der Waals surface area contributed by atoms with Gasteiger partial charge < -0.3 is 5.32 Å². The lowest BCUT2D eigenvalue weighted by molar-refractivity contribution is -0.384. The van der Waals surface area contributed by atoms with E-state index in [-0.39, 0.29) is 5.69 Å². The minimum Gasteiger partial charge on any atom is -0.312 e. The Morgan fingerprint density at radius 1 is 1.45 bits per heavy atom. The molecule has 1 aromatic carbocycles. The molecule has 0 fully saturated rings. The molecule has 0 amide bonds. The largest absolute Gasteiger partial charge is 0.312 e. The second-order valence-electron chi connectivity index (χ2n) is 4.44. The highest BCUT2D eigenvalue weighted by molar-refractivity contribution is 6.31. The molecule has 1 aromatic heterocycles. The molecule has 0 saturated heterocycles. The Balaban J connectivity index is 1.87. The van der Waals surface area contributed by atoms with Crippen molar-refractivity contribution in [3.63, 3.8) is 0 Å². The first-order chi connectivity index (χ1) is 9.56. The van der Waals surface area contributed by atoms with Gasteiger partial charge in [0.15, 0.2) is 0 Å². The van der Waals surface area contributed by atoms with Crippen molar-refractivity contribution in [3.05, 3.63) is 56.9 Å². The number of hydrogen-bond donors (Lipinski definition) is 1. The van der Waals surface area contributed by atoms with Gasteiger partial charge in [-0.15, -0.1) is 0 Å². The Morgan fingerprint density at radius 3 is 2.90 bits per heavy atom. The zero-order valence-electron chi connectivity index (χ0n) is 11.0. The molecule has 1 N–H and O–H groups in total. The summed E-state index contributed by atoms with van der Waals surface area (Å²) < 4.78 is 1.76. The van der Waals surface area contributed by atoms with Gasteiger partial charge in [0, 0.05) is 49.9 Å². The normalized spacial score (nSPS) is 10.7. The zero-order valence-corrected chi connectivity index (χ0v) is 11.8. The molecule has 0 bridgehead atoms. The number of hydrogen-bond acceptors (Lipinski definition) is 4. The standard InChI is InChI=1S/C13H15ClN4O2/c1-17-7-5-11(16-17)4-6-15-9-10-8-12(18(19)20)2-3-13(10)14/h2-3,5,7-8,15H,4,6,9H2,1H3. The molecule has 2 aromatic rings. The molecule has 6 nitrogen and oxygen atoms in total. The molecular weight excluding hydrogens is 280 g/mol. The van der Waals surface area contributed by atoms with Gasteiger partial charge in [0.2, 0.25) is 0 Å². The lowest BCUT2D eigenvalue weighted by Crippen LogP contribution is -2.17. The first-order valence-corrected chi connectivity index (χ1v) is 6.56. The van der Waals surface area contributed by atoms with E-state index >= 15 is 0 Å². The van der Waals surface area contributed by atoms with Gasteiger partial charge in [-0.3, -0.25) is 14.8 Å². The minimum absolute atomic E-state index is 0.0518. The molecule has 1 heterocycles. The van der Waals surface area contributed by atoms with Crippen LogP contribution in [0.15, 0.2) is 30.5 Å². The monoisotopic (exact) mass is 294 g/mol. The molecule has 0 radical (unpaired) electrons. The summed E-state index contributed by atoms with van der Waals surface area (Å²) in [4.78, 5) is 10.3. The molecule has 0 spiro atoms. The Hall–Kier alpha value is -1.92. The van der Waals surface area contributed by atoms with Crippen LogP contribution < -0.4 is 5.32 Å². The number of nitro groups is 1. The van der Waals surface area contributed by atoms with Crippen LogP contribution in [0.2, 0.25) is 5.02 Å². The van der Waals surface area contributed by atoms with Crippen LogP contribution >= 0.6 is 11.6 Å². The fourth-order valence-corrected chi connectivity index (χ4v) is 2.03. The molecular formula is C13H15ClN4O2. The van der Waals surface area contributed by atoms with Crippen LogP contribution in [0.5, 0.6) is 0 Å². The van der Waals surface area contributed by atoms with E-state index in [1.54, 1.807) is 10.7 Å². The van der Waals surface area contributed by atoms with E-state index < -0.39 is 4.92 Å². The molecule has 20 heavy (non-hydrogen) atoms. The molecule has 106 valence electrons. The summed E-state index contributed by atoms with van der Waals surface area (Å²) in [6, 6.07) is 6.41. The molecule has 7 heteroatoms. The predicted octanol–water partition coefficient (Wildman–Crippen LogP) is 2.31. The summed E-state index contributed by atoms with van der Waals surface area (Å²) in [5.74, 6) is 0. The number of aryl methyl sites for hydroxylation is 1. The SMILES string of the molecule is Cn1ccc(CCNCc2cc([N+](=O)[O-])ccc2Cl)n1. The van der Waals surface area contributed by atoms with Crippen molar-refractivity contribution in [1.82, 2.24) is 15.1 Å². The van der Waals surface area contributed by atoms with Gasteiger partial charge in [0.25, 0.3) is 5.69 Å². The second kappa shape index (κ2) is 6.49. The van der Waals surface area contributed by atoms with Crippen LogP contribution in [0.1, 0.15) is 11.3 Å². The van der Waals surface area contributed by atoms with Gasteiger partial charge in [0.05, 0.1) is 10.6 Å². The summed E-state index contributed by atoms with van der Waals surface area (Å²) in [6.07, 6.45) is 2.69. The van der Waals surface area contributed by atoms with E-state index in [0.29, 0.717) is 11.6 Å². The molecule has 0 unspecified atom stereocenters. The minimum atomic E-state index is -0.423. The third kappa shape index (κ3) is 3.79. The van der Waals surface area contributed by atoms with Crippen molar-refractivity contribution >= 4 is 17.3 Å². The summed E-state index contributed by atoms with van der Waals surface area (Å²) in [5.41, 5.74) is 1.78. The van der Waals surface area contributed by atoms with E-state index in [1.807, 2.05) is 19.3 Å². The molecule has 0 atom stereocenters. The van der Waals surface area contributed by atoms with Gasteiger partial charge >= 0.3 is 0 Å². The smallest absolute Gasteiger partial charge is 0.269 e. The van der Waals surface area contributed by atoms with Crippen LogP contribution in [0.3, 0.4) is 0 Å². The van der Waals surface area contributed by atoms with E-state index in [2.05, 4.69) is 10.4 Å². The lowest BCUT2D eigenvalue weighted by Gasteiger charge is -2.06. The maximum absolute atomic E-state index is 10.7. The quantitative estimate of drug-likeness (QED) is 0.504. The van der Waals surface area contributed by atoms with Crippen molar-refractivity contribution in [2.24, 2.45) is 7.05 Å². The summed E-state index contributed by atoms with van der Waals surface area (Å²) in [5, 5.41) is 18.7. The van der Waals surface area contributed by atoms with E-state index in [0.717, 1.165) is 24.2 Å². The maximum Gasteiger partial charge on any atom is 0.269 e. The van der Waals surface area contributed by atoms with Gasteiger partial charge in [-0.25, -0.2) is 0 Å². The van der Waals surface area contributed by atoms with Crippen LogP contribution in [0, 0.1) is 10.1 Å². The number of nitro benzene ring substituents is 1. The fourth-order valence-electron chi connectivity index (χ4n) is 1.85. The van der Waals surface area contributed by atoms with Crippen molar-refractivity contribution in [3.8, 4) is 0 Å². The molecule has 0 saturated carbocycles. The number of nitrogens with one attached hydrogen (secondary N) is 1. The maximum atomic E-state index is 10.7. The Kier molecular flexibility index (Phi) is 4.70. The highest BCUT2D eigenvalue weighted by Gasteiger charge is 2.09. The first-order valence-electron chi connectivity index (χ1n) is 6.18. The molecule has 0 aliphatic rings. The highest BCUT2D eigenvalue weighted by Crippen LogP contribution is 2.21. The molecule has 0 aliphatic carbocycles. The van der Waals surface area contributed by atoms with Crippen LogP contribution in [-0.2, 0) is 20.0 Å². The van der Waals surface area contributed by atoms with Crippen LogP contribution in [0.4, 0.5) is 5.69 Å². The first kappa shape index (κ1) is 14.5. The average molecular weight is 295 g/mol. The van der Waals surface area contributed by atoms with Crippen molar-refractivity contribution in [2.75, 3.05) is 6.54 Å². The second-order valence-corrected chi connectivity index (χ2v) is 4.85. The summed E-state index contributed by atoms with van der Waals surface area (Å²) in [6.45, 7) is 1.23. The Bertz CT molecular complexity index is 612. The number of halogens is 1. The molecule has 2 rings (SSSR count). The number of aromatic nitrogens is 2. The van der Waals surface area contributed by atoms with Crippen molar-refractivity contribution in [2.45, 2.75) is 13.0 Å². The summed E-state index contributed by atoms with van der Waals surface area (Å²) >= 11 is 6.02. The van der Waals surface area contributed by atoms with Crippen molar-refractivity contribution < 1.29 is 4.92 Å². The number of nitrogens with zero attached hydrogens (tertiary/aromatic N) is 3. The van der Waals surface area contributed by atoms with E-state index in [4.69, 9.17) is 11.6 Å². The average Bonchev–Trinajstić information content (AvgIpc) is 2.82. The van der Waals surface area contributed by atoms with Crippen molar-refractivity contribution in [1.29, 1.82) is 0 Å². The van der Waals surface area contributed by atoms with E-state index in [9.17, 15) is 10.1 Å². The topological polar surface area (TPSA) is 73.0 Å². The van der Waals surface area contributed by atoms with Gasteiger partial charge in [-0.05, 0) is 17.7 Å². The zero-order chi connectivity index (χ0) is 14.5. The predicted molar refractivity (Wildman–Crippen MR) is 76.7 cm³/mol. The molecule has 0 aliphatic heterocycles. The summed E-state index contributed by atoms with van der Waals surface area (Å²) in [7, 11) is 1.87. The highest BCUT2D eigenvalue weighted by atomic mass is 35.5. The van der Waals surface area contributed by atoms with Crippen LogP contribution in [0.25, 0.3) is 0 Å². The fraction of sp³-hybridized carbons (Fsp3) is 0.308. The van der Waals surface area contributed by atoms with Crippen LogP contribution in [-0.4, -0.2) is 21.2 Å². The lowest BCUT2D eigenvalue weighted by atomic mass is 10.2. The third-order valence-corrected chi connectivity index (χ3v) is 3.25. The Labute approximate surface area is 121 Å². The van der Waals surface area contributed by atoms with Gasteiger partial charge in [-0.1, -0.05) is 11.6 Å².